The maximum absolute atomic E-state index is 12.2. The van der Waals surface area contributed by atoms with Gasteiger partial charge in [-0.2, -0.15) is 0 Å². The smallest absolute Gasteiger partial charge is 0.262 e. The number of carbonyl (C=O) groups is 1. The van der Waals surface area contributed by atoms with Crippen LogP contribution < -0.4 is 20.1 Å². The first-order valence-electron chi connectivity index (χ1n) is 9.30. The zero-order valence-corrected chi connectivity index (χ0v) is 19.8. The summed E-state index contributed by atoms with van der Waals surface area (Å²) >= 11 is 6.96. The lowest BCUT2D eigenvalue weighted by molar-refractivity contribution is -0.118. The predicted octanol–water partition coefficient (Wildman–Crippen LogP) is 6.16. The summed E-state index contributed by atoms with van der Waals surface area (Å²) < 4.78 is 13.0. The molecule has 1 amide bonds. The number of hydrogen-bond acceptors (Lipinski definition) is 4. The fraction of sp³-hybridized carbons (Fsp3) is 0.174. The Labute approximate surface area is 193 Å². The number of anilines is 2. The van der Waals surface area contributed by atoms with Crippen LogP contribution in [0.15, 0.2) is 69.6 Å². The Hall–Kier alpha value is -2.51. The molecule has 7 heteroatoms. The van der Waals surface area contributed by atoms with E-state index in [2.05, 4.69) is 42.5 Å². The Balaban J connectivity index is 1.62. The molecule has 0 aliphatic heterocycles. The second-order valence-electron chi connectivity index (χ2n) is 6.67. The molecule has 3 aromatic rings. The molecule has 0 saturated carbocycles. The summed E-state index contributed by atoms with van der Waals surface area (Å²) in [4.78, 5) is 12.2. The summed E-state index contributed by atoms with van der Waals surface area (Å²) in [5, 5.41) is 6.18. The lowest BCUT2D eigenvalue weighted by Gasteiger charge is -2.15. The third-order valence-electron chi connectivity index (χ3n) is 4.31. The van der Waals surface area contributed by atoms with Crippen molar-refractivity contribution < 1.29 is 14.3 Å². The SMILES string of the molecule is COc1cc(CNc2ccc(Br)cc2)cc(Br)c1OCC(=O)Nc1ccc(C)cc1. The van der Waals surface area contributed by atoms with Crippen LogP contribution in [0.5, 0.6) is 11.5 Å². The van der Waals surface area contributed by atoms with E-state index < -0.39 is 0 Å². The second-order valence-corrected chi connectivity index (χ2v) is 8.44. The van der Waals surface area contributed by atoms with Gasteiger partial charge in [0.15, 0.2) is 18.1 Å². The highest BCUT2D eigenvalue weighted by atomic mass is 79.9. The Morgan fingerprint density at radius 3 is 2.30 bits per heavy atom. The molecule has 156 valence electrons. The molecule has 0 saturated heterocycles. The molecule has 0 aliphatic carbocycles. The van der Waals surface area contributed by atoms with Crippen LogP contribution in [-0.2, 0) is 11.3 Å². The van der Waals surface area contributed by atoms with Crippen molar-refractivity contribution in [2.45, 2.75) is 13.5 Å². The summed E-state index contributed by atoms with van der Waals surface area (Å²) in [5.74, 6) is 0.804. The normalized spacial score (nSPS) is 10.4. The highest BCUT2D eigenvalue weighted by Gasteiger charge is 2.14. The van der Waals surface area contributed by atoms with Gasteiger partial charge in [0.05, 0.1) is 11.6 Å². The van der Waals surface area contributed by atoms with Crippen LogP contribution in [-0.4, -0.2) is 19.6 Å². The minimum absolute atomic E-state index is 0.126. The number of amides is 1. The van der Waals surface area contributed by atoms with Crippen molar-refractivity contribution in [2.24, 2.45) is 0 Å². The third kappa shape index (κ3) is 6.24. The second kappa shape index (κ2) is 10.5. The molecule has 0 fully saturated rings. The maximum atomic E-state index is 12.2. The van der Waals surface area contributed by atoms with Crippen molar-refractivity contribution in [3.8, 4) is 11.5 Å². The van der Waals surface area contributed by atoms with E-state index in [0.717, 1.165) is 31.4 Å². The third-order valence-corrected chi connectivity index (χ3v) is 5.43. The molecule has 3 rings (SSSR count). The number of carbonyl (C=O) groups excluding carboxylic acids is 1. The van der Waals surface area contributed by atoms with Crippen LogP contribution in [0.25, 0.3) is 0 Å². The van der Waals surface area contributed by atoms with Gasteiger partial charge in [0.2, 0.25) is 0 Å². The van der Waals surface area contributed by atoms with Crippen molar-refractivity contribution in [1.29, 1.82) is 0 Å². The molecule has 30 heavy (non-hydrogen) atoms. The van der Waals surface area contributed by atoms with Gasteiger partial charge in [-0.25, -0.2) is 0 Å². The quantitative estimate of drug-likeness (QED) is 0.364. The first-order chi connectivity index (χ1) is 14.4. The zero-order chi connectivity index (χ0) is 21.5. The van der Waals surface area contributed by atoms with Crippen molar-refractivity contribution in [1.82, 2.24) is 0 Å². The molecular weight excluding hydrogens is 512 g/mol. The molecule has 0 heterocycles. The Morgan fingerprint density at radius 1 is 0.967 bits per heavy atom. The van der Waals surface area contributed by atoms with Crippen molar-refractivity contribution in [3.05, 3.63) is 80.7 Å². The van der Waals surface area contributed by atoms with E-state index in [1.54, 1.807) is 7.11 Å². The highest BCUT2D eigenvalue weighted by Crippen LogP contribution is 2.37. The van der Waals surface area contributed by atoms with Gasteiger partial charge in [-0.1, -0.05) is 33.6 Å². The molecule has 0 radical (unpaired) electrons. The maximum Gasteiger partial charge on any atom is 0.262 e. The molecule has 0 aromatic heterocycles. The van der Waals surface area contributed by atoms with Gasteiger partial charge >= 0.3 is 0 Å². The Bertz CT molecular complexity index is 1010. The number of aryl methyl sites for hydroxylation is 1. The van der Waals surface area contributed by atoms with Gasteiger partial charge in [-0.15, -0.1) is 0 Å². The highest BCUT2D eigenvalue weighted by molar-refractivity contribution is 9.10. The number of nitrogens with one attached hydrogen (secondary N) is 2. The van der Waals surface area contributed by atoms with Crippen LogP contribution in [0, 0.1) is 6.92 Å². The zero-order valence-electron chi connectivity index (χ0n) is 16.7. The molecule has 0 atom stereocenters. The molecule has 0 bridgehead atoms. The summed E-state index contributed by atoms with van der Waals surface area (Å²) in [5.41, 5.74) is 3.89. The van der Waals surface area contributed by atoms with Crippen LogP contribution in [0.3, 0.4) is 0 Å². The standard InChI is InChI=1S/C23H22Br2N2O3/c1-15-3-7-19(8-4-15)27-22(28)14-30-23-20(25)11-16(12-21(23)29-2)13-26-18-9-5-17(24)6-10-18/h3-12,26H,13-14H2,1-2H3,(H,27,28). The van der Waals surface area contributed by atoms with E-state index in [1.165, 1.54) is 0 Å². The van der Waals surface area contributed by atoms with Crippen LogP contribution in [0.1, 0.15) is 11.1 Å². The molecule has 2 N–H and O–H groups in total. The molecule has 0 spiro atoms. The number of benzene rings is 3. The first-order valence-corrected chi connectivity index (χ1v) is 10.9. The summed E-state index contributed by atoms with van der Waals surface area (Å²) in [6.07, 6.45) is 0. The number of rotatable bonds is 8. The van der Waals surface area contributed by atoms with Crippen LogP contribution >= 0.6 is 31.9 Å². The minimum atomic E-state index is -0.242. The van der Waals surface area contributed by atoms with Crippen molar-refractivity contribution in [3.63, 3.8) is 0 Å². The van der Waals surface area contributed by atoms with Crippen LogP contribution in [0.2, 0.25) is 0 Å². The number of halogens is 2. The lowest BCUT2D eigenvalue weighted by atomic mass is 10.2. The van der Waals surface area contributed by atoms with Gasteiger partial charge in [0.25, 0.3) is 5.91 Å². The molecule has 3 aromatic carbocycles. The number of methoxy groups -OCH3 is 1. The fourth-order valence-electron chi connectivity index (χ4n) is 2.76. The number of ether oxygens (including phenoxy) is 2. The van der Waals surface area contributed by atoms with E-state index in [9.17, 15) is 4.79 Å². The summed E-state index contributed by atoms with van der Waals surface area (Å²) in [6.45, 7) is 2.49. The molecule has 0 aliphatic rings. The molecule has 5 nitrogen and oxygen atoms in total. The van der Waals surface area contributed by atoms with Crippen LogP contribution in [0.4, 0.5) is 11.4 Å². The van der Waals surface area contributed by atoms with E-state index in [1.807, 2.05) is 67.6 Å². The van der Waals surface area contributed by atoms with Crippen molar-refractivity contribution >= 4 is 49.1 Å². The average Bonchev–Trinajstić information content (AvgIpc) is 2.74. The van der Waals surface area contributed by atoms with E-state index >= 15 is 0 Å². The minimum Gasteiger partial charge on any atom is -0.493 e. The largest absolute Gasteiger partial charge is 0.493 e. The topological polar surface area (TPSA) is 59.6 Å². The number of hydrogen-bond donors (Lipinski definition) is 2. The summed E-state index contributed by atoms with van der Waals surface area (Å²) in [7, 11) is 1.58. The lowest BCUT2D eigenvalue weighted by Crippen LogP contribution is -2.20. The van der Waals surface area contributed by atoms with Crippen molar-refractivity contribution in [2.75, 3.05) is 24.4 Å². The van der Waals surface area contributed by atoms with E-state index in [-0.39, 0.29) is 12.5 Å². The molecular formula is C23H22Br2N2O3. The predicted molar refractivity (Wildman–Crippen MR) is 127 cm³/mol. The van der Waals surface area contributed by atoms with Gasteiger partial charge in [0.1, 0.15) is 0 Å². The van der Waals surface area contributed by atoms with E-state index in [0.29, 0.717) is 18.0 Å². The Kier molecular flexibility index (Phi) is 7.76. The molecule has 0 unspecified atom stereocenters. The van der Waals surface area contributed by atoms with E-state index in [4.69, 9.17) is 9.47 Å². The average molecular weight is 534 g/mol. The summed E-state index contributed by atoms with van der Waals surface area (Å²) in [6, 6.07) is 19.4. The van der Waals surface area contributed by atoms with Gasteiger partial charge in [-0.3, -0.25) is 4.79 Å². The Morgan fingerprint density at radius 2 is 1.63 bits per heavy atom. The monoisotopic (exact) mass is 532 g/mol. The van der Waals surface area contributed by atoms with Gasteiger partial charge < -0.3 is 20.1 Å². The van der Waals surface area contributed by atoms with Gasteiger partial charge in [0, 0.05) is 22.4 Å². The van der Waals surface area contributed by atoms with Gasteiger partial charge in [-0.05, 0) is 76.9 Å². The fourth-order valence-corrected chi connectivity index (χ4v) is 3.63. The first kappa shape index (κ1) is 22.2.